The maximum Gasteiger partial charge on any atom is 0.206 e. The summed E-state index contributed by atoms with van der Waals surface area (Å²) in [5.41, 5.74) is 0.656. The number of halogens is 1. The molecular weight excluding hydrogens is 265 g/mol. The summed E-state index contributed by atoms with van der Waals surface area (Å²) in [6.45, 7) is 1.51. The Hall–Kier alpha value is -2.19. The van der Waals surface area contributed by atoms with Crippen molar-refractivity contribution in [2.24, 2.45) is 0 Å². The maximum atomic E-state index is 13.2. The summed E-state index contributed by atoms with van der Waals surface area (Å²) in [5, 5.41) is 8.67. The lowest BCUT2D eigenvalue weighted by molar-refractivity contribution is 0.593. The molecule has 0 atom stereocenters. The summed E-state index contributed by atoms with van der Waals surface area (Å²) in [6.07, 6.45) is 0. The van der Waals surface area contributed by atoms with Gasteiger partial charge in [0.25, 0.3) is 0 Å². The first kappa shape index (κ1) is 13.2. The van der Waals surface area contributed by atoms with Crippen molar-refractivity contribution in [2.75, 3.05) is 0 Å². The van der Waals surface area contributed by atoms with Crippen LogP contribution in [0.1, 0.15) is 11.1 Å². The van der Waals surface area contributed by atoms with Crippen LogP contribution in [0.3, 0.4) is 0 Å². The van der Waals surface area contributed by atoms with Gasteiger partial charge < -0.3 is 0 Å². The van der Waals surface area contributed by atoms with Crippen molar-refractivity contribution < 1.29 is 12.8 Å². The first-order chi connectivity index (χ1) is 8.95. The molecule has 0 N–H and O–H groups in total. The molecule has 0 aromatic heterocycles. The molecule has 0 unspecified atom stereocenters. The standard InChI is InChI=1S/C14H10FNO2S/c1-10-8-13(6-7-14(10)15)19(17,18)12-4-2-11(9-16)3-5-12/h2-8H,1H3. The number of hydrogen-bond donors (Lipinski definition) is 0. The van der Waals surface area contributed by atoms with Crippen LogP contribution in [0.25, 0.3) is 0 Å². The molecule has 0 bridgehead atoms. The van der Waals surface area contributed by atoms with Gasteiger partial charge in [-0.2, -0.15) is 5.26 Å². The fourth-order valence-corrected chi connectivity index (χ4v) is 2.97. The third kappa shape index (κ3) is 2.49. The molecule has 2 rings (SSSR count). The second-order valence-electron chi connectivity index (χ2n) is 4.05. The van der Waals surface area contributed by atoms with Crippen LogP contribution in [0, 0.1) is 24.1 Å². The van der Waals surface area contributed by atoms with E-state index in [-0.39, 0.29) is 15.4 Å². The van der Waals surface area contributed by atoms with Crippen LogP contribution < -0.4 is 0 Å². The lowest BCUT2D eigenvalue weighted by Crippen LogP contribution is -2.02. The van der Waals surface area contributed by atoms with E-state index in [2.05, 4.69) is 0 Å². The van der Waals surface area contributed by atoms with Crippen LogP contribution >= 0.6 is 0 Å². The molecule has 0 heterocycles. The quantitative estimate of drug-likeness (QED) is 0.792. The normalized spacial score (nSPS) is 11.0. The van der Waals surface area contributed by atoms with Gasteiger partial charge in [-0.15, -0.1) is 0 Å². The summed E-state index contributed by atoms with van der Waals surface area (Å²) in [4.78, 5) is 0.119. The van der Waals surface area contributed by atoms with E-state index in [9.17, 15) is 12.8 Å². The van der Waals surface area contributed by atoms with Crippen LogP contribution in [0.15, 0.2) is 52.3 Å². The predicted molar refractivity (Wildman–Crippen MR) is 67.7 cm³/mol. The van der Waals surface area contributed by atoms with Gasteiger partial charge in [0.05, 0.1) is 21.4 Å². The van der Waals surface area contributed by atoms with Gasteiger partial charge in [-0.05, 0) is 55.0 Å². The average Bonchev–Trinajstić information content (AvgIpc) is 2.41. The van der Waals surface area contributed by atoms with E-state index in [0.29, 0.717) is 5.56 Å². The molecule has 0 amide bonds. The Kier molecular flexibility index (Phi) is 3.36. The topological polar surface area (TPSA) is 57.9 Å². The number of aryl methyl sites for hydroxylation is 1. The van der Waals surface area contributed by atoms with Crippen LogP contribution in [0.2, 0.25) is 0 Å². The molecule has 96 valence electrons. The highest BCUT2D eigenvalue weighted by atomic mass is 32.2. The first-order valence-corrected chi connectivity index (χ1v) is 6.95. The van der Waals surface area contributed by atoms with E-state index < -0.39 is 15.7 Å². The lowest BCUT2D eigenvalue weighted by Gasteiger charge is -2.06. The Morgan fingerprint density at radius 1 is 1.05 bits per heavy atom. The van der Waals surface area contributed by atoms with Gasteiger partial charge in [0.2, 0.25) is 9.84 Å². The smallest absolute Gasteiger partial charge is 0.206 e. The van der Waals surface area contributed by atoms with Gasteiger partial charge in [-0.25, -0.2) is 12.8 Å². The van der Waals surface area contributed by atoms with Gasteiger partial charge >= 0.3 is 0 Å². The molecule has 5 heteroatoms. The van der Waals surface area contributed by atoms with E-state index in [1.807, 2.05) is 6.07 Å². The molecule has 3 nitrogen and oxygen atoms in total. The third-order valence-electron chi connectivity index (χ3n) is 2.73. The number of rotatable bonds is 2. The minimum atomic E-state index is -3.68. The fourth-order valence-electron chi connectivity index (χ4n) is 1.63. The largest absolute Gasteiger partial charge is 0.219 e. The van der Waals surface area contributed by atoms with E-state index >= 15 is 0 Å². The highest BCUT2D eigenvalue weighted by Gasteiger charge is 2.18. The monoisotopic (exact) mass is 275 g/mol. The average molecular weight is 275 g/mol. The number of benzene rings is 2. The minimum Gasteiger partial charge on any atom is -0.219 e. The number of nitrogens with zero attached hydrogens (tertiary/aromatic N) is 1. The molecular formula is C14H10FNO2S. The van der Waals surface area contributed by atoms with E-state index in [1.54, 1.807) is 0 Å². The van der Waals surface area contributed by atoms with Crippen molar-refractivity contribution in [1.29, 1.82) is 5.26 Å². The van der Waals surface area contributed by atoms with Gasteiger partial charge in [0.15, 0.2) is 0 Å². The molecule has 0 aliphatic carbocycles. The Morgan fingerprint density at radius 3 is 2.16 bits per heavy atom. The molecule has 0 radical (unpaired) electrons. The third-order valence-corrected chi connectivity index (χ3v) is 4.50. The van der Waals surface area contributed by atoms with Gasteiger partial charge in [-0.1, -0.05) is 0 Å². The molecule has 0 fully saturated rings. The van der Waals surface area contributed by atoms with Crippen molar-refractivity contribution in [1.82, 2.24) is 0 Å². The summed E-state index contributed by atoms with van der Waals surface area (Å²) >= 11 is 0. The van der Waals surface area contributed by atoms with Gasteiger partial charge in [0.1, 0.15) is 5.82 Å². The van der Waals surface area contributed by atoms with Gasteiger partial charge in [0, 0.05) is 0 Å². The summed E-state index contributed by atoms with van der Waals surface area (Å²) < 4.78 is 37.7. The van der Waals surface area contributed by atoms with Crippen molar-refractivity contribution in [2.45, 2.75) is 16.7 Å². The van der Waals surface area contributed by atoms with Crippen molar-refractivity contribution in [3.8, 4) is 6.07 Å². The minimum absolute atomic E-state index is 0.0381. The summed E-state index contributed by atoms with van der Waals surface area (Å²) in [7, 11) is -3.68. The Bertz CT molecular complexity index is 759. The van der Waals surface area contributed by atoms with Crippen LogP contribution in [-0.4, -0.2) is 8.42 Å². The van der Waals surface area contributed by atoms with E-state index in [1.165, 1.54) is 43.3 Å². The first-order valence-electron chi connectivity index (χ1n) is 5.46. The molecule has 0 aliphatic rings. The van der Waals surface area contributed by atoms with Crippen LogP contribution in [-0.2, 0) is 9.84 Å². The predicted octanol–water partition coefficient (Wildman–Crippen LogP) is 2.84. The summed E-state index contributed by atoms with van der Waals surface area (Å²) in [6, 6.07) is 11.2. The van der Waals surface area contributed by atoms with Crippen molar-refractivity contribution >= 4 is 9.84 Å². The second kappa shape index (κ2) is 4.82. The molecule has 2 aromatic rings. The van der Waals surface area contributed by atoms with Crippen molar-refractivity contribution in [3.05, 3.63) is 59.4 Å². The van der Waals surface area contributed by atoms with Crippen molar-refractivity contribution in [3.63, 3.8) is 0 Å². The molecule has 0 aliphatic heterocycles. The van der Waals surface area contributed by atoms with Crippen LogP contribution in [0.4, 0.5) is 4.39 Å². The molecule has 0 saturated heterocycles. The number of sulfone groups is 1. The molecule has 2 aromatic carbocycles. The maximum absolute atomic E-state index is 13.2. The zero-order valence-electron chi connectivity index (χ0n) is 10.1. The Morgan fingerprint density at radius 2 is 1.63 bits per heavy atom. The highest BCUT2D eigenvalue weighted by molar-refractivity contribution is 7.91. The molecule has 0 spiro atoms. The highest BCUT2D eigenvalue weighted by Crippen LogP contribution is 2.22. The zero-order valence-corrected chi connectivity index (χ0v) is 10.9. The SMILES string of the molecule is Cc1cc(S(=O)(=O)c2ccc(C#N)cc2)ccc1F. The molecule has 19 heavy (non-hydrogen) atoms. The second-order valence-corrected chi connectivity index (χ2v) is 6.00. The lowest BCUT2D eigenvalue weighted by atomic mass is 10.2. The fraction of sp³-hybridized carbons (Fsp3) is 0.0714. The Labute approximate surface area is 110 Å². The van der Waals surface area contributed by atoms with E-state index in [4.69, 9.17) is 5.26 Å². The zero-order chi connectivity index (χ0) is 14.0. The number of hydrogen-bond acceptors (Lipinski definition) is 3. The molecule has 0 saturated carbocycles. The summed E-state index contributed by atoms with van der Waals surface area (Å²) in [5.74, 6) is -0.446. The van der Waals surface area contributed by atoms with E-state index in [0.717, 1.165) is 6.07 Å². The van der Waals surface area contributed by atoms with Crippen LogP contribution in [0.5, 0.6) is 0 Å². The van der Waals surface area contributed by atoms with Gasteiger partial charge in [-0.3, -0.25) is 0 Å². The number of nitriles is 1. The Balaban J connectivity index is 2.52.